The molecule has 106 valence electrons. The predicted octanol–water partition coefficient (Wildman–Crippen LogP) is 5.88. The second-order valence-electron chi connectivity index (χ2n) is 5.17. The normalized spacial score (nSPS) is 12.5. The van der Waals surface area contributed by atoms with E-state index in [0.717, 1.165) is 22.7 Å². The van der Waals surface area contributed by atoms with Gasteiger partial charge in [0.1, 0.15) is 0 Å². The van der Waals surface area contributed by atoms with E-state index in [1.54, 1.807) is 0 Å². The fourth-order valence-electron chi connectivity index (χ4n) is 2.46. The van der Waals surface area contributed by atoms with Gasteiger partial charge < -0.3 is 0 Å². The van der Waals surface area contributed by atoms with Crippen LogP contribution in [0.3, 0.4) is 0 Å². The first-order valence-corrected chi connectivity index (χ1v) is 8.17. The molecule has 0 bridgehead atoms. The summed E-state index contributed by atoms with van der Waals surface area (Å²) in [6.07, 6.45) is 0.839. The van der Waals surface area contributed by atoms with Crippen molar-refractivity contribution in [1.82, 2.24) is 4.98 Å². The van der Waals surface area contributed by atoms with Crippen molar-refractivity contribution in [1.29, 1.82) is 0 Å². The Bertz CT molecular complexity index is 785. The van der Waals surface area contributed by atoms with Crippen LogP contribution in [0.4, 0.5) is 0 Å². The zero-order valence-electron chi connectivity index (χ0n) is 11.7. The lowest BCUT2D eigenvalue weighted by Gasteiger charge is -2.13. The van der Waals surface area contributed by atoms with Crippen LogP contribution in [0, 0.1) is 6.92 Å². The molecule has 1 aromatic heterocycles. The third-order valence-electron chi connectivity index (χ3n) is 3.62. The number of pyridine rings is 1. The highest BCUT2D eigenvalue weighted by Gasteiger charge is 2.13. The number of rotatable bonds is 3. The maximum Gasteiger partial charge on any atom is 0.0705 e. The lowest BCUT2D eigenvalue weighted by Crippen LogP contribution is -2.00. The van der Waals surface area contributed by atoms with E-state index in [0.29, 0.717) is 0 Å². The molecule has 1 atom stereocenters. The van der Waals surface area contributed by atoms with Crippen LogP contribution in [0.15, 0.2) is 54.6 Å². The monoisotopic (exact) mass is 359 g/mol. The van der Waals surface area contributed by atoms with Crippen molar-refractivity contribution < 1.29 is 0 Å². The number of halogens is 2. The molecule has 0 fully saturated rings. The third kappa shape index (κ3) is 3.28. The number of aryl methyl sites for hydroxylation is 1. The Morgan fingerprint density at radius 1 is 1.10 bits per heavy atom. The Morgan fingerprint density at radius 2 is 1.90 bits per heavy atom. The summed E-state index contributed by atoms with van der Waals surface area (Å²) in [6, 6.07) is 18.4. The summed E-state index contributed by atoms with van der Waals surface area (Å²) in [4.78, 5) is 4.94. The van der Waals surface area contributed by atoms with Crippen molar-refractivity contribution in [3.8, 4) is 0 Å². The molecule has 0 saturated heterocycles. The van der Waals surface area contributed by atoms with E-state index in [-0.39, 0.29) is 4.83 Å². The van der Waals surface area contributed by atoms with Crippen molar-refractivity contribution >= 4 is 38.4 Å². The Hall–Kier alpha value is -1.38. The average molecular weight is 361 g/mol. The molecule has 1 nitrogen and oxygen atoms in total. The zero-order valence-corrected chi connectivity index (χ0v) is 14.0. The second-order valence-corrected chi connectivity index (χ2v) is 6.71. The molecule has 2 aromatic carbocycles. The first kappa shape index (κ1) is 14.6. The second kappa shape index (κ2) is 6.17. The van der Waals surface area contributed by atoms with Gasteiger partial charge in [-0.25, -0.2) is 0 Å². The van der Waals surface area contributed by atoms with Gasteiger partial charge in [0.05, 0.1) is 5.52 Å². The van der Waals surface area contributed by atoms with Crippen LogP contribution in [-0.2, 0) is 6.42 Å². The van der Waals surface area contributed by atoms with Gasteiger partial charge >= 0.3 is 0 Å². The number of hydrogen-bond donors (Lipinski definition) is 0. The Kier molecular flexibility index (Phi) is 4.27. The number of nitrogens with zero attached hydrogens (tertiary/aromatic N) is 1. The number of benzene rings is 2. The number of aromatic nitrogens is 1. The molecule has 21 heavy (non-hydrogen) atoms. The van der Waals surface area contributed by atoms with Gasteiger partial charge in [-0.15, -0.1) is 0 Å². The van der Waals surface area contributed by atoms with Crippen LogP contribution in [-0.4, -0.2) is 4.98 Å². The fourth-order valence-corrected chi connectivity index (χ4v) is 3.47. The number of hydrogen-bond acceptors (Lipinski definition) is 1. The molecule has 0 aliphatic rings. The van der Waals surface area contributed by atoms with Gasteiger partial charge in [0.2, 0.25) is 0 Å². The largest absolute Gasteiger partial charge is 0.253 e. The number of para-hydroxylation sites is 1. The maximum absolute atomic E-state index is 6.11. The van der Waals surface area contributed by atoms with Crippen LogP contribution in [0.25, 0.3) is 10.9 Å². The minimum Gasteiger partial charge on any atom is -0.253 e. The van der Waals surface area contributed by atoms with Gasteiger partial charge in [-0.1, -0.05) is 57.9 Å². The van der Waals surface area contributed by atoms with E-state index in [9.17, 15) is 0 Å². The van der Waals surface area contributed by atoms with E-state index in [4.69, 9.17) is 16.6 Å². The Labute approximate surface area is 138 Å². The molecule has 0 N–H and O–H groups in total. The van der Waals surface area contributed by atoms with E-state index < -0.39 is 0 Å². The Balaban J connectivity index is 1.88. The highest BCUT2D eigenvalue weighted by atomic mass is 79.9. The highest BCUT2D eigenvalue weighted by molar-refractivity contribution is 9.09. The molecule has 0 saturated carbocycles. The molecule has 3 rings (SSSR count). The van der Waals surface area contributed by atoms with Crippen molar-refractivity contribution in [2.24, 2.45) is 0 Å². The van der Waals surface area contributed by atoms with E-state index in [1.807, 2.05) is 30.3 Å². The lowest BCUT2D eigenvalue weighted by molar-refractivity contribution is 0.905. The van der Waals surface area contributed by atoms with Crippen molar-refractivity contribution in [2.45, 2.75) is 18.2 Å². The van der Waals surface area contributed by atoms with Gasteiger partial charge in [-0.2, -0.15) is 0 Å². The topological polar surface area (TPSA) is 12.9 Å². The van der Waals surface area contributed by atoms with Crippen molar-refractivity contribution in [2.75, 3.05) is 0 Å². The molecule has 0 aliphatic carbocycles. The molecule has 0 aliphatic heterocycles. The maximum atomic E-state index is 6.11. The first-order valence-electron chi connectivity index (χ1n) is 6.88. The summed E-state index contributed by atoms with van der Waals surface area (Å²) >= 11 is 9.88. The lowest BCUT2D eigenvalue weighted by atomic mass is 10.0. The van der Waals surface area contributed by atoms with Gasteiger partial charge in [-0.3, -0.25) is 4.98 Å². The summed E-state index contributed by atoms with van der Waals surface area (Å²) in [5.41, 5.74) is 4.58. The SMILES string of the molecule is Cc1ccc(Cl)cc1C(Br)Cc1ccc2ccccc2n1. The summed E-state index contributed by atoms with van der Waals surface area (Å²) < 4.78 is 0. The molecule has 0 radical (unpaired) electrons. The standard InChI is InChI=1S/C18H15BrClN/c1-12-6-8-14(20)10-16(12)17(19)11-15-9-7-13-4-2-3-5-18(13)21-15/h2-10,17H,11H2,1H3. The average Bonchev–Trinajstić information content (AvgIpc) is 2.49. The number of alkyl halides is 1. The minimum absolute atomic E-state index is 0.213. The van der Waals surface area contributed by atoms with Gasteiger partial charge in [-0.05, 0) is 42.3 Å². The van der Waals surface area contributed by atoms with Gasteiger partial charge in [0.25, 0.3) is 0 Å². The summed E-state index contributed by atoms with van der Waals surface area (Å²) in [5.74, 6) is 0. The van der Waals surface area contributed by atoms with Crippen LogP contribution >= 0.6 is 27.5 Å². The quantitative estimate of drug-likeness (QED) is 0.532. The van der Waals surface area contributed by atoms with E-state index >= 15 is 0 Å². The van der Waals surface area contributed by atoms with E-state index in [1.165, 1.54) is 16.5 Å². The van der Waals surface area contributed by atoms with Gasteiger partial charge in [0.15, 0.2) is 0 Å². The first-order chi connectivity index (χ1) is 10.1. The van der Waals surface area contributed by atoms with Crippen LogP contribution in [0.1, 0.15) is 21.6 Å². The smallest absolute Gasteiger partial charge is 0.0705 e. The van der Waals surface area contributed by atoms with Crippen molar-refractivity contribution in [3.63, 3.8) is 0 Å². The minimum atomic E-state index is 0.213. The Morgan fingerprint density at radius 3 is 2.76 bits per heavy atom. The fraction of sp³-hybridized carbons (Fsp3) is 0.167. The summed E-state index contributed by atoms with van der Waals surface area (Å²) in [5, 5.41) is 1.94. The molecule has 3 aromatic rings. The van der Waals surface area contributed by atoms with Gasteiger partial charge in [0, 0.05) is 27.4 Å². The molecule has 3 heteroatoms. The van der Waals surface area contributed by atoms with E-state index in [2.05, 4.69) is 47.1 Å². The molecule has 0 spiro atoms. The van der Waals surface area contributed by atoms with Crippen LogP contribution in [0.2, 0.25) is 5.02 Å². The molecule has 0 amide bonds. The highest BCUT2D eigenvalue weighted by Crippen LogP contribution is 2.31. The van der Waals surface area contributed by atoms with Crippen molar-refractivity contribution in [3.05, 3.63) is 76.4 Å². The summed E-state index contributed by atoms with van der Waals surface area (Å²) in [7, 11) is 0. The zero-order chi connectivity index (χ0) is 14.8. The molecule has 1 unspecified atom stereocenters. The third-order valence-corrected chi connectivity index (χ3v) is 4.68. The van der Waals surface area contributed by atoms with Crippen LogP contribution < -0.4 is 0 Å². The molecule has 1 heterocycles. The van der Waals surface area contributed by atoms with Crippen LogP contribution in [0.5, 0.6) is 0 Å². The molecular formula is C18H15BrClN. The summed E-state index contributed by atoms with van der Waals surface area (Å²) in [6.45, 7) is 2.10. The number of fused-ring (bicyclic) bond motifs is 1. The predicted molar refractivity (Wildman–Crippen MR) is 93.3 cm³/mol. The molecular weight excluding hydrogens is 346 g/mol.